The molecular weight excluding hydrogens is 258 g/mol. The van der Waals surface area contributed by atoms with Gasteiger partial charge in [-0.3, -0.25) is 0 Å². The molecule has 0 spiro atoms. The topological polar surface area (TPSA) is 24.7 Å². The number of benzene rings is 2. The van der Waals surface area contributed by atoms with Gasteiger partial charge in [0.15, 0.2) is 0 Å². The summed E-state index contributed by atoms with van der Waals surface area (Å²) in [7, 11) is 0. The van der Waals surface area contributed by atoms with Gasteiger partial charge in [0.05, 0.1) is 18.7 Å². The number of nitrogens with one attached hydrogen (secondary N) is 1. The van der Waals surface area contributed by atoms with Gasteiger partial charge < -0.3 is 10.0 Å². The predicted octanol–water partition coefficient (Wildman–Crippen LogP) is 3.24. The molecule has 2 N–H and O–H groups in total. The second-order valence-electron chi connectivity index (χ2n) is 6.91. The molecule has 114 valence electrons. The van der Waals surface area contributed by atoms with E-state index in [1.807, 2.05) is 12.1 Å². The maximum atomic E-state index is 10.3. The Bertz CT molecular complexity index is 579. The summed E-state index contributed by atoms with van der Waals surface area (Å²) < 4.78 is 0. The Morgan fingerprint density at radius 2 is 1.52 bits per heavy atom. The van der Waals surface area contributed by atoms with Gasteiger partial charge in [0.25, 0.3) is 0 Å². The summed E-state index contributed by atoms with van der Waals surface area (Å²) in [4.78, 5) is 1.55. The van der Waals surface area contributed by atoms with E-state index in [-0.39, 0.29) is 0 Å². The van der Waals surface area contributed by atoms with Gasteiger partial charge in [-0.15, -0.1) is 0 Å². The molecule has 0 saturated heterocycles. The fraction of sp³-hybridized carbons (Fsp3) is 0.474. The Morgan fingerprint density at radius 1 is 0.905 bits per heavy atom. The molecule has 0 aliphatic carbocycles. The molecule has 2 heteroatoms. The molecule has 2 aromatic rings. The minimum atomic E-state index is 0.429. The van der Waals surface area contributed by atoms with E-state index in [4.69, 9.17) is 0 Å². The number of aromatic hydroxyl groups is 1. The minimum absolute atomic E-state index is 0.429. The van der Waals surface area contributed by atoms with Crippen LogP contribution in [0.25, 0.3) is 10.8 Å². The number of rotatable bonds is 6. The number of phenols is 1. The van der Waals surface area contributed by atoms with E-state index in [9.17, 15) is 5.11 Å². The van der Waals surface area contributed by atoms with Crippen LogP contribution in [-0.4, -0.2) is 18.2 Å². The van der Waals surface area contributed by atoms with E-state index in [2.05, 4.69) is 52.0 Å². The van der Waals surface area contributed by atoms with Gasteiger partial charge in [-0.2, -0.15) is 0 Å². The Balaban J connectivity index is 2.33. The number of quaternary nitrogens is 1. The lowest BCUT2D eigenvalue weighted by atomic mass is 10.0. The third-order valence-electron chi connectivity index (χ3n) is 3.84. The van der Waals surface area contributed by atoms with Crippen LogP contribution in [0.4, 0.5) is 0 Å². The van der Waals surface area contributed by atoms with Crippen LogP contribution in [0.1, 0.15) is 33.3 Å². The molecule has 0 saturated carbocycles. The molecule has 0 aliphatic rings. The lowest BCUT2D eigenvalue weighted by Crippen LogP contribution is -3.11. The standard InChI is InChI=1S/C19H27NO/c1-14(2)11-20(12-15(3)4)13-18-17-8-6-5-7-16(17)9-10-19(18)21/h5-10,14-15,21H,11-13H2,1-4H3/p+1. The van der Waals surface area contributed by atoms with Crippen LogP contribution in [0.2, 0.25) is 0 Å². The molecular formula is C19H28NO+. The molecule has 0 aromatic heterocycles. The van der Waals surface area contributed by atoms with E-state index in [0.717, 1.165) is 25.2 Å². The maximum Gasteiger partial charge on any atom is 0.125 e. The second kappa shape index (κ2) is 6.95. The average molecular weight is 286 g/mol. The predicted molar refractivity (Wildman–Crippen MR) is 89.7 cm³/mol. The van der Waals surface area contributed by atoms with E-state index in [1.54, 1.807) is 4.90 Å². The summed E-state index contributed by atoms with van der Waals surface area (Å²) in [5, 5.41) is 12.7. The maximum absolute atomic E-state index is 10.3. The molecule has 0 bridgehead atoms. The fourth-order valence-corrected chi connectivity index (χ4v) is 3.14. The van der Waals surface area contributed by atoms with Crippen LogP contribution in [0, 0.1) is 11.8 Å². The van der Waals surface area contributed by atoms with Crippen molar-refractivity contribution in [1.82, 2.24) is 0 Å². The molecule has 0 radical (unpaired) electrons. The largest absolute Gasteiger partial charge is 0.507 e. The third kappa shape index (κ3) is 4.21. The molecule has 0 amide bonds. The first-order chi connectivity index (χ1) is 9.97. The lowest BCUT2D eigenvalue weighted by molar-refractivity contribution is -0.919. The van der Waals surface area contributed by atoms with Crippen molar-refractivity contribution in [3.8, 4) is 5.75 Å². The monoisotopic (exact) mass is 286 g/mol. The summed E-state index contributed by atoms with van der Waals surface area (Å²) in [5.74, 6) is 1.76. The second-order valence-corrected chi connectivity index (χ2v) is 6.91. The molecule has 2 rings (SSSR count). The molecule has 21 heavy (non-hydrogen) atoms. The molecule has 0 fully saturated rings. The van der Waals surface area contributed by atoms with Crippen LogP contribution in [0.3, 0.4) is 0 Å². The van der Waals surface area contributed by atoms with Crippen molar-refractivity contribution in [2.75, 3.05) is 13.1 Å². The quantitative estimate of drug-likeness (QED) is 0.837. The minimum Gasteiger partial charge on any atom is -0.507 e. The van der Waals surface area contributed by atoms with E-state index >= 15 is 0 Å². The van der Waals surface area contributed by atoms with Gasteiger partial charge in [0, 0.05) is 11.8 Å². The first kappa shape index (κ1) is 15.8. The van der Waals surface area contributed by atoms with Crippen LogP contribution >= 0.6 is 0 Å². The summed E-state index contributed by atoms with van der Waals surface area (Å²) in [6, 6.07) is 12.2. The Morgan fingerprint density at radius 3 is 2.14 bits per heavy atom. The van der Waals surface area contributed by atoms with Crippen molar-refractivity contribution < 1.29 is 10.0 Å². The van der Waals surface area contributed by atoms with E-state index in [0.29, 0.717) is 17.6 Å². The first-order valence-electron chi connectivity index (χ1n) is 8.00. The van der Waals surface area contributed by atoms with Crippen molar-refractivity contribution in [3.05, 3.63) is 42.0 Å². The van der Waals surface area contributed by atoms with Crippen LogP contribution in [0.15, 0.2) is 36.4 Å². The summed E-state index contributed by atoms with van der Waals surface area (Å²) in [5.41, 5.74) is 1.09. The molecule has 0 atom stereocenters. The van der Waals surface area contributed by atoms with Crippen LogP contribution < -0.4 is 4.90 Å². The average Bonchev–Trinajstić information content (AvgIpc) is 2.40. The molecule has 0 heterocycles. The van der Waals surface area contributed by atoms with Crippen molar-refractivity contribution in [1.29, 1.82) is 0 Å². The van der Waals surface area contributed by atoms with Gasteiger partial charge in [0.2, 0.25) is 0 Å². The molecule has 2 aromatic carbocycles. The van der Waals surface area contributed by atoms with Crippen LogP contribution in [-0.2, 0) is 6.54 Å². The lowest BCUT2D eigenvalue weighted by Gasteiger charge is -2.24. The zero-order valence-corrected chi connectivity index (χ0v) is 13.7. The molecule has 0 unspecified atom stereocenters. The van der Waals surface area contributed by atoms with Crippen molar-refractivity contribution >= 4 is 10.8 Å². The van der Waals surface area contributed by atoms with Gasteiger partial charge in [-0.25, -0.2) is 0 Å². The first-order valence-corrected chi connectivity index (χ1v) is 8.00. The normalized spacial score (nSPS) is 12.0. The zero-order valence-electron chi connectivity index (χ0n) is 13.7. The molecule has 2 nitrogen and oxygen atoms in total. The molecule has 0 aliphatic heterocycles. The Kier molecular flexibility index (Phi) is 5.24. The smallest absolute Gasteiger partial charge is 0.125 e. The highest BCUT2D eigenvalue weighted by atomic mass is 16.3. The third-order valence-corrected chi connectivity index (χ3v) is 3.84. The highest BCUT2D eigenvalue weighted by molar-refractivity contribution is 5.87. The van der Waals surface area contributed by atoms with Gasteiger partial charge >= 0.3 is 0 Å². The number of phenolic OH excluding ortho intramolecular Hbond substituents is 1. The number of hydrogen-bond donors (Lipinski definition) is 2. The summed E-state index contributed by atoms with van der Waals surface area (Å²) in [6.07, 6.45) is 0. The summed E-state index contributed by atoms with van der Waals surface area (Å²) >= 11 is 0. The fourth-order valence-electron chi connectivity index (χ4n) is 3.14. The van der Waals surface area contributed by atoms with Crippen LogP contribution in [0.5, 0.6) is 5.75 Å². The number of fused-ring (bicyclic) bond motifs is 1. The van der Waals surface area contributed by atoms with Gasteiger partial charge in [-0.1, -0.05) is 58.0 Å². The van der Waals surface area contributed by atoms with E-state index < -0.39 is 0 Å². The number of hydrogen-bond acceptors (Lipinski definition) is 1. The SMILES string of the molecule is CC(C)C[NH+](Cc1c(O)ccc2ccccc12)CC(C)C. The highest BCUT2D eigenvalue weighted by Gasteiger charge is 2.17. The van der Waals surface area contributed by atoms with Crippen molar-refractivity contribution in [2.45, 2.75) is 34.2 Å². The highest BCUT2D eigenvalue weighted by Crippen LogP contribution is 2.26. The summed E-state index contributed by atoms with van der Waals surface area (Å²) in [6.45, 7) is 12.2. The van der Waals surface area contributed by atoms with Gasteiger partial charge in [0.1, 0.15) is 12.3 Å². The van der Waals surface area contributed by atoms with E-state index in [1.165, 1.54) is 10.8 Å². The zero-order chi connectivity index (χ0) is 15.4. The van der Waals surface area contributed by atoms with Gasteiger partial charge in [-0.05, 0) is 16.8 Å². The van der Waals surface area contributed by atoms with Crippen molar-refractivity contribution in [3.63, 3.8) is 0 Å². The van der Waals surface area contributed by atoms with Crippen molar-refractivity contribution in [2.24, 2.45) is 11.8 Å². The Labute approximate surface area is 128 Å². The Hall–Kier alpha value is -1.54.